The number of nitriles is 1. The molecule has 2 saturated heterocycles. The van der Waals surface area contributed by atoms with Crippen LogP contribution >= 0.6 is 11.6 Å². The highest BCUT2D eigenvalue weighted by molar-refractivity contribution is 6.35. The van der Waals surface area contributed by atoms with Crippen LogP contribution in [0.3, 0.4) is 0 Å². The molecule has 0 bridgehead atoms. The van der Waals surface area contributed by atoms with Crippen molar-refractivity contribution in [3.63, 3.8) is 0 Å². The largest absolute Gasteiger partial charge is 0.508 e. The number of ether oxygens (including phenoxy) is 2. The number of carbonyl (C=O) groups excluding carboxylic acids is 1. The number of piperazine rings is 1. The van der Waals surface area contributed by atoms with Crippen molar-refractivity contribution >= 4 is 45.2 Å². The first-order valence-electron chi connectivity index (χ1n) is 15.8. The van der Waals surface area contributed by atoms with Gasteiger partial charge in [0, 0.05) is 36.6 Å². The van der Waals surface area contributed by atoms with E-state index in [-0.39, 0.29) is 53.4 Å². The predicted molar refractivity (Wildman–Crippen MR) is 179 cm³/mol. The smallest absolute Gasteiger partial charge is 0.410 e. The van der Waals surface area contributed by atoms with Gasteiger partial charge in [0.2, 0.25) is 0 Å². The normalized spacial score (nSPS) is 18.9. The quantitative estimate of drug-likeness (QED) is 0.239. The second-order valence-electron chi connectivity index (χ2n) is 13.2. The summed E-state index contributed by atoms with van der Waals surface area (Å²) < 4.78 is 28.6. The number of rotatable bonds is 6. The van der Waals surface area contributed by atoms with Crippen molar-refractivity contribution in [2.75, 3.05) is 44.7 Å². The second-order valence-corrected chi connectivity index (χ2v) is 13.6. The predicted octanol–water partition coefficient (Wildman–Crippen LogP) is 6.76. The highest BCUT2D eigenvalue weighted by atomic mass is 35.5. The van der Waals surface area contributed by atoms with E-state index < -0.39 is 23.6 Å². The van der Waals surface area contributed by atoms with E-state index in [1.165, 1.54) is 6.07 Å². The molecule has 0 radical (unpaired) electrons. The number of carbonyl (C=O) groups is 1. The van der Waals surface area contributed by atoms with Crippen molar-refractivity contribution < 1.29 is 23.8 Å². The lowest BCUT2D eigenvalue weighted by Crippen LogP contribution is -2.56. The number of aromatic hydroxyl groups is 1. The number of phenols is 1. The number of aromatic nitrogens is 2. The molecule has 1 amide bonds. The molecule has 246 valence electrons. The topological polar surface area (TPSA) is 115 Å². The van der Waals surface area contributed by atoms with Crippen LogP contribution in [0.2, 0.25) is 5.02 Å². The van der Waals surface area contributed by atoms with Crippen molar-refractivity contribution in [2.45, 2.75) is 57.7 Å². The van der Waals surface area contributed by atoms with Crippen LogP contribution in [-0.4, -0.2) is 88.5 Å². The van der Waals surface area contributed by atoms with Crippen LogP contribution in [0.15, 0.2) is 42.5 Å². The zero-order valence-electron chi connectivity index (χ0n) is 27.0. The standard InChI is InChI=1S/C35H38ClFN6O4/c1-35(2,3)47-34(45)43-15-14-42(19-22(43)11-12-38)32-27-18-28(36)29(26-17-24(44)16-21-8-5-6-10-25(21)26)30(37)31(27)39-33(40-32)46-20-23-9-7-13-41(23)4/h5-6,8,10,16-18,22-23,44H,7,9,11,13-15,19-20H2,1-4H3/t22-,23-/m0/s1. The van der Waals surface area contributed by atoms with E-state index in [0.29, 0.717) is 29.9 Å². The zero-order chi connectivity index (χ0) is 33.5. The van der Waals surface area contributed by atoms with Crippen LogP contribution in [0, 0.1) is 17.1 Å². The lowest BCUT2D eigenvalue weighted by molar-refractivity contribution is 0.0145. The fraction of sp³-hybridized carbons (Fsp3) is 0.429. The molecule has 2 atom stereocenters. The molecule has 0 spiro atoms. The Kier molecular flexibility index (Phi) is 9.01. The summed E-state index contributed by atoms with van der Waals surface area (Å²) in [4.78, 5) is 28.1. The lowest BCUT2D eigenvalue weighted by Gasteiger charge is -2.41. The summed E-state index contributed by atoms with van der Waals surface area (Å²) in [7, 11) is 2.04. The number of likely N-dealkylation sites (tertiary alicyclic amines) is 1. The van der Waals surface area contributed by atoms with Gasteiger partial charge in [0.05, 0.1) is 23.6 Å². The van der Waals surface area contributed by atoms with Crippen molar-refractivity contribution in [2.24, 2.45) is 0 Å². The minimum absolute atomic E-state index is 0.0167. The Morgan fingerprint density at radius 2 is 1.91 bits per heavy atom. The van der Waals surface area contributed by atoms with Gasteiger partial charge in [-0.05, 0) is 81.7 Å². The first-order chi connectivity index (χ1) is 22.4. The fourth-order valence-electron chi connectivity index (χ4n) is 6.46. The van der Waals surface area contributed by atoms with Gasteiger partial charge in [-0.2, -0.15) is 15.2 Å². The number of amides is 1. The molecule has 1 N–H and O–H groups in total. The molecular weight excluding hydrogens is 623 g/mol. The van der Waals surface area contributed by atoms with Crippen LogP contribution in [-0.2, 0) is 4.74 Å². The molecule has 2 aliphatic rings. The minimum atomic E-state index is -0.694. The average Bonchev–Trinajstić information content (AvgIpc) is 3.43. The Balaban J connectivity index is 1.45. The number of hydrogen-bond acceptors (Lipinski definition) is 9. The van der Waals surface area contributed by atoms with Gasteiger partial charge in [0.1, 0.15) is 29.3 Å². The molecule has 10 nitrogen and oxygen atoms in total. The summed E-state index contributed by atoms with van der Waals surface area (Å²) in [6, 6.07) is 14.0. The first kappa shape index (κ1) is 32.5. The third kappa shape index (κ3) is 6.71. The van der Waals surface area contributed by atoms with Crippen LogP contribution in [0.4, 0.5) is 15.0 Å². The average molecular weight is 661 g/mol. The van der Waals surface area contributed by atoms with Crippen molar-refractivity contribution in [1.82, 2.24) is 19.8 Å². The zero-order valence-corrected chi connectivity index (χ0v) is 27.7. The number of anilines is 1. The summed E-state index contributed by atoms with van der Waals surface area (Å²) >= 11 is 6.87. The molecule has 0 aliphatic carbocycles. The molecular formula is C35H38ClFN6O4. The highest BCUT2D eigenvalue weighted by Gasteiger charge is 2.35. The van der Waals surface area contributed by atoms with E-state index in [1.807, 2.05) is 36.2 Å². The molecule has 1 aromatic heterocycles. The number of likely N-dealkylation sites (N-methyl/N-ethyl adjacent to an activating group) is 1. The van der Waals surface area contributed by atoms with E-state index in [9.17, 15) is 15.2 Å². The second kappa shape index (κ2) is 13.0. The Morgan fingerprint density at radius 1 is 1.13 bits per heavy atom. The summed E-state index contributed by atoms with van der Waals surface area (Å²) in [5.74, 6) is -0.297. The number of halogens is 2. The van der Waals surface area contributed by atoms with Gasteiger partial charge in [0.15, 0.2) is 5.82 Å². The number of phenolic OH excluding ortho intramolecular Hbond substituents is 1. The van der Waals surface area contributed by atoms with Gasteiger partial charge in [-0.3, -0.25) is 0 Å². The fourth-order valence-corrected chi connectivity index (χ4v) is 6.76. The van der Waals surface area contributed by atoms with Crippen LogP contribution in [0.1, 0.15) is 40.0 Å². The monoisotopic (exact) mass is 660 g/mol. The molecule has 6 rings (SSSR count). The van der Waals surface area contributed by atoms with Gasteiger partial charge >= 0.3 is 12.1 Å². The van der Waals surface area contributed by atoms with Crippen molar-refractivity contribution in [1.29, 1.82) is 5.26 Å². The molecule has 0 saturated carbocycles. The summed E-state index contributed by atoms with van der Waals surface area (Å²) in [5, 5.41) is 22.1. The maximum atomic E-state index is 16.9. The molecule has 3 heterocycles. The van der Waals surface area contributed by atoms with Gasteiger partial charge in [-0.1, -0.05) is 35.9 Å². The molecule has 12 heteroatoms. The third-order valence-corrected chi connectivity index (χ3v) is 9.07. The summed E-state index contributed by atoms with van der Waals surface area (Å²) in [6.45, 7) is 7.55. The van der Waals surface area contributed by atoms with Gasteiger partial charge in [0.25, 0.3) is 0 Å². The van der Waals surface area contributed by atoms with E-state index in [4.69, 9.17) is 26.1 Å². The third-order valence-electron chi connectivity index (χ3n) is 8.77. The minimum Gasteiger partial charge on any atom is -0.508 e. The number of benzene rings is 3. The maximum absolute atomic E-state index is 16.9. The van der Waals surface area contributed by atoms with Crippen LogP contribution in [0.5, 0.6) is 11.8 Å². The SMILES string of the molecule is CN1CCC[C@H]1COc1nc(N2CCN(C(=O)OC(C)(C)C)[C@@H](CC#N)C2)c2cc(Cl)c(-c3cc(O)cc4ccccc34)c(F)c2n1. The van der Waals surface area contributed by atoms with E-state index in [2.05, 4.69) is 16.0 Å². The van der Waals surface area contributed by atoms with Gasteiger partial charge in [-0.15, -0.1) is 0 Å². The Bertz CT molecular complexity index is 1880. The lowest BCUT2D eigenvalue weighted by atomic mass is 9.96. The molecule has 3 aromatic carbocycles. The molecule has 2 aliphatic heterocycles. The Labute approximate surface area is 278 Å². The van der Waals surface area contributed by atoms with Crippen LogP contribution in [0.25, 0.3) is 32.8 Å². The van der Waals surface area contributed by atoms with E-state index >= 15 is 4.39 Å². The highest BCUT2D eigenvalue weighted by Crippen LogP contribution is 2.42. The molecule has 4 aromatic rings. The van der Waals surface area contributed by atoms with Gasteiger partial charge < -0.3 is 29.3 Å². The van der Waals surface area contributed by atoms with Gasteiger partial charge in [-0.25, -0.2) is 9.18 Å². The number of nitrogens with zero attached hydrogens (tertiary/aromatic N) is 6. The molecule has 2 fully saturated rings. The Hall–Kier alpha value is -4.40. The number of fused-ring (bicyclic) bond motifs is 2. The maximum Gasteiger partial charge on any atom is 0.410 e. The van der Waals surface area contributed by atoms with E-state index in [0.717, 1.165) is 30.2 Å². The molecule has 47 heavy (non-hydrogen) atoms. The summed E-state index contributed by atoms with van der Waals surface area (Å²) in [6.07, 6.45) is 1.61. The van der Waals surface area contributed by atoms with Crippen LogP contribution < -0.4 is 9.64 Å². The molecule has 0 unspecified atom stereocenters. The summed E-state index contributed by atoms with van der Waals surface area (Å²) in [5.41, 5.74) is -0.140. The van der Waals surface area contributed by atoms with E-state index in [1.54, 1.807) is 37.8 Å². The van der Waals surface area contributed by atoms with Crippen molar-refractivity contribution in [3.8, 4) is 29.0 Å². The number of hydrogen-bond donors (Lipinski definition) is 1. The first-order valence-corrected chi connectivity index (χ1v) is 16.2. The Morgan fingerprint density at radius 3 is 2.64 bits per heavy atom. The van der Waals surface area contributed by atoms with Crippen molar-refractivity contribution in [3.05, 3.63) is 53.3 Å².